The van der Waals surface area contributed by atoms with Crippen LogP contribution in [0.3, 0.4) is 0 Å². The molecule has 0 fully saturated rings. The molecule has 1 heteroatoms. The molecule has 0 N–H and O–H groups in total. The summed E-state index contributed by atoms with van der Waals surface area (Å²) in [6.45, 7) is 0. The Labute approximate surface area is 262 Å². The lowest BCUT2D eigenvalue weighted by Gasteiger charge is -2.26. The lowest BCUT2D eigenvalue weighted by atomic mass is 9.99. The van der Waals surface area contributed by atoms with Gasteiger partial charge in [-0.3, -0.25) is 0 Å². The molecule has 1 nitrogen and oxygen atoms in total. The second-order valence-electron chi connectivity index (χ2n) is 11.8. The zero-order valence-corrected chi connectivity index (χ0v) is 24.7. The van der Waals surface area contributed by atoms with E-state index >= 15 is 0 Å². The van der Waals surface area contributed by atoms with Gasteiger partial charge in [-0.25, -0.2) is 0 Å². The van der Waals surface area contributed by atoms with Crippen LogP contribution in [0.2, 0.25) is 0 Å². The van der Waals surface area contributed by atoms with Crippen LogP contribution in [-0.2, 0) is 0 Å². The van der Waals surface area contributed by atoms with E-state index in [9.17, 15) is 0 Å². The Morgan fingerprint density at radius 2 is 0.667 bits per heavy atom. The predicted octanol–water partition coefficient (Wildman–Crippen LogP) is 12.6. The lowest BCUT2D eigenvalue weighted by molar-refractivity contribution is 1.29. The van der Waals surface area contributed by atoms with Gasteiger partial charge < -0.3 is 4.90 Å². The van der Waals surface area contributed by atoms with Crippen molar-refractivity contribution in [2.75, 3.05) is 4.90 Å². The van der Waals surface area contributed by atoms with Gasteiger partial charge in [0.15, 0.2) is 0 Å². The second-order valence-corrected chi connectivity index (χ2v) is 11.8. The van der Waals surface area contributed by atoms with Crippen molar-refractivity contribution < 1.29 is 0 Å². The molecule has 0 heterocycles. The smallest absolute Gasteiger partial charge is 0.0468 e. The van der Waals surface area contributed by atoms with Crippen LogP contribution in [0.4, 0.5) is 17.1 Å². The summed E-state index contributed by atoms with van der Waals surface area (Å²) < 4.78 is 0. The summed E-state index contributed by atoms with van der Waals surface area (Å²) in [6, 6.07) is 64.2. The van der Waals surface area contributed by atoms with Crippen molar-refractivity contribution in [2.24, 2.45) is 0 Å². The van der Waals surface area contributed by atoms with Gasteiger partial charge in [-0.15, -0.1) is 0 Å². The molecule has 0 saturated heterocycles. The molecule has 0 atom stereocenters. The highest BCUT2D eigenvalue weighted by Gasteiger charge is 2.15. The van der Waals surface area contributed by atoms with E-state index in [1.54, 1.807) is 0 Å². The molecule has 0 bridgehead atoms. The van der Waals surface area contributed by atoms with Crippen molar-refractivity contribution in [2.45, 2.75) is 0 Å². The third-order valence-electron chi connectivity index (χ3n) is 9.18. The van der Waals surface area contributed by atoms with E-state index in [1.807, 2.05) is 0 Å². The molecule has 0 aromatic heterocycles. The van der Waals surface area contributed by atoms with E-state index < -0.39 is 0 Å². The topological polar surface area (TPSA) is 3.24 Å². The fourth-order valence-electron chi connectivity index (χ4n) is 6.90. The Kier molecular flexibility index (Phi) is 5.89. The molecule has 9 rings (SSSR count). The van der Waals surface area contributed by atoms with E-state index in [2.05, 4.69) is 181 Å². The average Bonchev–Trinajstić information content (AvgIpc) is 3.11. The Bertz CT molecular complexity index is 2420. The summed E-state index contributed by atoms with van der Waals surface area (Å²) in [5.41, 5.74) is 5.83. The van der Waals surface area contributed by atoms with Gasteiger partial charge in [-0.05, 0) is 107 Å². The van der Waals surface area contributed by atoms with Crippen LogP contribution in [-0.4, -0.2) is 0 Å². The summed E-state index contributed by atoms with van der Waals surface area (Å²) in [5, 5.41) is 12.6. The van der Waals surface area contributed by atoms with Crippen LogP contribution in [0.1, 0.15) is 0 Å². The molecular weight excluding hydrogens is 542 g/mol. The van der Waals surface area contributed by atoms with Gasteiger partial charge in [0.25, 0.3) is 0 Å². The Balaban J connectivity index is 1.20. The summed E-state index contributed by atoms with van der Waals surface area (Å²) in [5.74, 6) is 0. The molecule has 0 saturated carbocycles. The zero-order valence-electron chi connectivity index (χ0n) is 24.7. The Morgan fingerprint density at radius 3 is 1.27 bits per heavy atom. The molecule has 0 spiro atoms. The minimum atomic E-state index is 1.12. The van der Waals surface area contributed by atoms with Crippen molar-refractivity contribution in [3.63, 3.8) is 0 Å². The number of rotatable bonds is 4. The molecular formula is C44H29N. The first-order valence-corrected chi connectivity index (χ1v) is 15.5. The second kappa shape index (κ2) is 10.4. The van der Waals surface area contributed by atoms with Gasteiger partial charge in [-0.2, -0.15) is 0 Å². The van der Waals surface area contributed by atoms with Crippen molar-refractivity contribution in [1.82, 2.24) is 0 Å². The van der Waals surface area contributed by atoms with E-state index in [-0.39, 0.29) is 0 Å². The maximum Gasteiger partial charge on any atom is 0.0468 e. The van der Waals surface area contributed by atoms with Crippen molar-refractivity contribution >= 4 is 70.9 Å². The molecule has 0 amide bonds. The average molecular weight is 572 g/mol. The van der Waals surface area contributed by atoms with Gasteiger partial charge in [0.05, 0.1) is 0 Å². The van der Waals surface area contributed by atoms with Crippen LogP contribution >= 0.6 is 0 Å². The van der Waals surface area contributed by atoms with E-state index in [1.165, 1.54) is 65.0 Å². The van der Waals surface area contributed by atoms with Crippen molar-refractivity contribution in [3.8, 4) is 11.1 Å². The molecule has 9 aromatic carbocycles. The molecule has 0 aliphatic carbocycles. The summed E-state index contributed by atoms with van der Waals surface area (Å²) in [6.07, 6.45) is 0. The van der Waals surface area contributed by atoms with Crippen LogP contribution in [0, 0.1) is 0 Å². The highest BCUT2D eigenvalue weighted by Crippen LogP contribution is 2.40. The van der Waals surface area contributed by atoms with Crippen LogP contribution < -0.4 is 4.90 Å². The highest BCUT2D eigenvalue weighted by atomic mass is 15.1. The lowest BCUT2D eigenvalue weighted by Crippen LogP contribution is -2.10. The number of nitrogens with zero attached hydrogens (tertiary/aromatic N) is 1. The van der Waals surface area contributed by atoms with Crippen LogP contribution in [0.15, 0.2) is 176 Å². The summed E-state index contributed by atoms with van der Waals surface area (Å²) >= 11 is 0. The summed E-state index contributed by atoms with van der Waals surface area (Å²) in [4.78, 5) is 2.38. The fraction of sp³-hybridized carbons (Fsp3) is 0. The molecule has 0 unspecified atom stereocenters. The van der Waals surface area contributed by atoms with Crippen LogP contribution in [0.5, 0.6) is 0 Å². The third-order valence-corrected chi connectivity index (χ3v) is 9.18. The molecule has 45 heavy (non-hydrogen) atoms. The highest BCUT2D eigenvalue weighted by molar-refractivity contribution is 6.10. The number of benzene rings is 9. The first-order valence-electron chi connectivity index (χ1n) is 15.5. The Morgan fingerprint density at radius 1 is 0.244 bits per heavy atom. The normalized spacial score (nSPS) is 11.6. The molecule has 0 aliphatic rings. The van der Waals surface area contributed by atoms with Crippen molar-refractivity contribution in [3.05, 3.63) is 176 Å². The largest absolute Gasteiger partial charge is 0.310 e. The first kappa shape index (κ1) is 25.6. The number of fused-ring (bicyclic) bond motifs is 7. The fourth-order valence-corrected chi connectivity index (χ4v) is 6.90. The van der Waals surface area contributed by atoms with Crippen LogP contribution in [0.25, 0.3) is 65.0 Å². The monoisotopic (exact) mass is 571 g/mol. The van der Waals surface area contributed by atoms with Gasteiger partial charge in [0.2, 0.25) is 0 Å². The van der Waals surface area contributed by atoms with Gasteiger partial charge >= 0.3 is 0 Å². The van der Waals surface area contributed by atoms with Gasteiger partial charge in [0, 0.05) is 17.1 Å². The molecule has 0 aliphatic heterocycles. The van der Waals surface area contributed by atoms with Gasteiger partial charge in [0.1, 0.15) is 0 Å². The SMILES string of the molecule is c1ccc2cc(-c3ccc(N(c4ccc5c(ccc6ccccc65)c4)c4ccc5c(ccc6ccccc65)c4)cc3)ccc2c1. The minimum absolute atomic E-state index is 1.12. The van der Waals surface area contributed by atoms with Crippen molar-refractivity contribution in [1.29, 1.82) is 0 Å². The number of hydrogen-bond donors (Lipinski definition) is 0. The maximum atomic E-state index is 2.38. The molecule has 210 valence electrons. The van der Waals surface area contributed by atoms with E-state index in [0.29, 0.717) is 0 Å². The molecule has 9 aromatic rings. The third kappa shape index (κ3) is 4.41. The zero-order chi connectivity index (χ0) is 29.7. The molecule has 0 radical (unpaired) electrons. The number of hydrogen-bond acceptors (Lipinski definition) is 1. The minimum Gasteiger partial charge on any atom is -0.310 e. The van der Waals surface area contributed by atoms with E-state index in [4.69, 9.17) is 0 Å². The van der Waals surface area contributed by atoms with E-state index in [0.717, 1.165) is 17.1 Å². The quantitative estimate of drug-likeness (QED) is 0.190. The summed E-state index contributed by atoms with van der Waals surface area (Å²) in [7, 11) is 0. The standard InChI is InChI=1S/C44H29N/c1-2-10-34-27-35(16-13-30(34)7-1)31-19-21-38(22-20-31)45(39-23-25-43-36(28-39)17-14-32-8-3-5-11-41(32)43)40-24-26-44-37(29-40)18-15-33-9-4-6-12-42(33)44/h1-29H. The van der Waals surface area contributed by atoms with Gasteiger partial charge in [-0.1, -0.05) is 133 Å². The first-order chi connectivity index (χ1) is 22.3. The maximum absolute atomic E-state index is 2.38. The number of anilines is 3. The predicted molar refractivity (Wildman–Crippen MR) is 194 cm³/mol. The Hall–Kier alpha value is -5.92.